The van der Waals surface area contributed by atoms with E-state index in [2.05, 4.69) is 10.1 Å². The van der Waals surface area contributed by atoms with Gasteiger partial charge in [0.2, 0.25) is 0 Å². The van der Waals surface area contributed by atoms with Crippen molar-refractivity contribution in [2.75, 3.05) is 13.1 Å². The minimum absolute atomic E-state index is 0.0255. The average Bonchev–Trinajstić information content (AvgIpc) is 3.45. The van der Waals surface area contributed by atoms with Crippen LogP contribution in [-0.2, 0) is 6.18 Å². The maximum absolute atomic E-state index is 13.1. The summed E-state index contributed by atoms with van der Waals surface area (Å²) in [6.07, 6.45) is 0.569. The zero-order valence-corrected chi connectivity index (χ0v) is 18.0. The van der Waals surface area contributed by atoms with Gasteiger partial charge in [0.15, 0.2) is 0 Å². The van der Waals surface area contributed by atoms with Crippen LogP contribution in [0.3, 0.4) is 0 Å². The summed E-state index contributed by atoms with van der Waals surface area (Å²) in [5.74, 6) is 0.658. The highest BCUT2D eigenvalue weighted by atomic mass is 19.4. The number of aryl methyl sites for hydroxylation is 1. The molecule has 3 heterocycles. The van der Waals surface area contributed by atoms with Gasteiger partial charge in [0.1, 0.15) is 5.82 Å². The molecule has 0 saturated carbocycles. The molecule has 0 spiro atoms. The van der Waals surface area contributed by atoms with E-state index in [0.29, 0.717) is 48.4 Å². The van der Waals surface area contributed by atoms with Crippen LogP contribution in [0, 0.1) is 6.92 Å². The van der Waals surface area contributed by atoms with Crippen LogP contribution in [0.15, 0.2) is 60.9 Å². The number of aromatic nitrogens is 4. The molecule has 1 fully saturated rings. The van der Waals surface area contributed by atoms with Crippen LogP contribution in [0.5, 0.6) is 0 Å². The zero-order chi connectivity index (χ0) is 23.2. The van der Waals surface area contributed by atoms with Gasteiger partial charge in [0.05, 0.1) is 22.3 Å². The Morgan fingerprint density at radius 2 is 1.79 bits per heavy atom. The average molecular weight is 453 g/mol. The van der Waals surface area contributed by atoms with Crippen molar-refractivity contribution in [2.45, 2.75) is 32.0 Å². The summed E-state index contributed by atoms with van der Waals surface area (Å²) in [6, 6.07) is 13.0. The number of hydrogen-bond donors (Lipinski definition) is 0. The van der Waals surface area contributed by atoms with Crippen LogP contribution >= 0.6 is 0 Å². The summed E-state index contributed by atoms with van der Waals surface area (Å²) in [5, 5.41) is 4.19. The fourth-order valence-electron chi connectivity index (χ4n) is 4.54. The maximum Gasteiger partial charge on any atom is 0.416 e. The van der Waals surface area contributed by atoms with E-state index in [0.717, 1.165) is 17.8 Å². The first kappa shape index (κ1) is 21.2. The van der Waals surface area contributed by atoms with Crippen LogP contribution in [0.2, 0.25) is 0 Å². The molecule has 170 valence electrons. The number of alkyl halides is 3. The van der Waals surface area contributed by atoms with Crippen molar-refractivity contribution in [3.8, 4) is 5.69 Å². The molecule has 9 heteroatoms. The van der Waals surface area contributed by atoms with Crippen molar-refractivity contribution in [1.29, 1.82) is 0 Å². The van der Waals surface area contributed by atoms with E-state index in [1.165, 1.54) is 6.07 Å². The van der Waals surface area contributed by atoms with Gasteiger partial charge >= 0.3 is 6.18 Å². The highest BCUT2D eigenvalue weighted by Crippen LogP contribution is 2.34. The van der Waals surface area contributed by atoms with Gasteiger partial charge in [-0.15, -0.1) is 0 Å². The van der Waals surface area contributed by atoms with Crippen molar-refractivity contribution in [3.05, 3.63) is 77.9 Å². The summed E-state index contributed by atoms with van der Waals surface area (Å²) in [5.41, 5.74) is 1.84. The molecule has 1 aliphatic heterocycles. The van der Waals surface area contributed by atoms with Crippen LogP contribution in [0.4, 0.5) is 13.2 Å². The molecule has 1 aliphatic rings. The molecule has 0 bridgehead atoms. The van der Waals surface area contributed by atoms with Gasteiger partial charge < -0.3 is 9.47 Å². The van der Waals surface area contributed by atoms with Gasteiger partial charge in [-0.3, -0.25) is 4.79 Å². The minimum Gasteiger partial charge on any atom is -0.338 e. The molecule has 1 amide bonds. The van der Waals surface area contributed by atoms with Crippen LogP contribution in [0.25, 0.3) is 16.7 Å². The number of benzene rings is 2. The fraction of sp³-hybridized carbons (Fsp3) is 0.292. The predicted octanol–water partition coefficient (Wildman–Crippen LogP) is 5.03. The number of carbonyl (C=O) groups is 1. The van der Waals surface area contributed by atoms with Gasteiger partial charge in [-0.1, -0.05) is 0 Å². The first-order valence-electron chi connectivity index (χ1n) is 10.8. The maximum atomic E-state index is 13.1. The first-order chi connectivity index (χ1) is 15.8. The minimum atomic E-state index is -4.39. The third kappa shape index (κ3) is 3.99. The lowest BCUT2D eigenvalue weighted by molar-refractivity contribution is -0.137. The van der Waals surface area contributed by atoms with E-state index >= 15 is 0 Å². The van der Waals surface area contributed by atoms with Crippen molar-refractivity contribution >= 4 is 16.9 Å². The summed E-state index contributed by atoms with van der Waals surface area (Å²) < 4.78 is 42.9. The monoisotopic (exact) mass is 453 g/mol. The normalized spacial score (nSPS) is 15.3. The second kappa shape index (κ2) is 8.06. The largest absolute Gasteiger partial charge is 0.416 e. The molecule has 1 saturated heterocycles. The molecule has 0 N–H and O–H groups in total. The molecular weight excluding hydrogens is 431 g/mol. The molecule has 6 nitrogen and oxygen atoms in total. The van der Waals surface area contributed by atoms with Gasteiger partial charge in [-0.05, 0) is 68.3 Å². The Morgan fingerprint density at radius 1 is 1.06 bits per heavy atom. The number of hydrogen-bond acceptors (Lipinski definition) is 3. The van der Waals surface area contributed by atoms with Crippen molar-refractivity contribution in [2.24, 2.45) is 0 Å². The summed E-state index contributed by atoms with van der Waals surface area (Å²) >= 11 is 0. The summed E-state index contributed by atoms with van der Waals surface area (Å²) in [7, 11) is 0. The predicted molar refractivity (Wildman–Crippen MR) is 117 cm³/mol. The zero-order valence-electron chi connectivity index (χ0n) is 18.0. The van der Waals surface area contributed by atoms with E-state index in [-0.39, 0.29) is 11.9 Å². The molecule has 33 heavy (non-hydrogen) atoms. The Balaban J connectivity index is 1.29. The van der Waals surface area contributed by atoms with Gasteiger partial charge in [0.25, 0.3) is 5.91 Å². The number of nitrogens with zero attached hydrogens (tertiary/aromatic N) is 5. The number of carbonyl (C=O) groups excluding carboxylic acids is 1. The van der Waals surface area contributed by atoms with E-state index < -0.39 is 11.7 Å². The third-order valence-corrected chi connectivity index (χ3v) is 6.19. The number of likely N-dealkylation sites (tertiary alicyclic amines) is 1. The number of rotatable bonds is 3. The lowest BCUT2D eigenvalue weighted by atomic mass is 10.0. The van der Waals surface area contributed by atoms with Crippen molar-refractivity contribution in [1.82, 2.24) is 24.2 Å². The lowest BCUT2D eigenvalue weighted by Crippen LogP contribution is -2.39. The molecule has 2 aromatic carbocycles. The second-order valence-electron chi connectivity index (χ2n) is 8.25. The summed E-state index contributed by atoms with van der Waals surface area (Å²) in [6.45, 7) is 2.96. The highest BCUT2D eigenvalue weighted by Gasteiger charge is 2.32. The van der Waals surface area contributed by atoms with Gasteiger partial charge in [-0.25, -0.2) is 9.67 Å². The van der Waals surface area contributed by atoms with E-state index in [9.17, 15) is 18.0 Å². The van der Waals surface area contributed by atoms with E-state index in [1.54, 1.807) is 23.0 Å². The number of fused-ring (bicyclic) bond motifs is 1. The van der Waals surface area contributed by atoms with Crippen LogP contribution in [0.1, 0.15) is 40.6 Å². The summed E-state index contributed by atoms with van der Waals surface area (Å²) in [4.78, 5) is 19.2. The number of halogens is 3. The van der Waals surface area contributed by atoms with Gasteiger partial charge in [0, 0.05) is 37.1 Å². The molecule has 5 rings (SSSR count). The Morgan fingerprint density at radius 3 is 2.42 bits per heavy atom. The second-order valence-corrected chi connectivity index (χ2v) is 8.25. The molecule has 0 unspecified atom stereocenters. The Kier molecular flexibility index (Phi) is 5.19. The topological polar surface area (TPSA) is 56.0 Å². The quantitative estimate of drug-likeness (QED) is 0.437. The lowest BCUT2D eigenvalue weighted by Gasteiger charge is -2.33. The number of piperidine rings is 1. The Bertz CT molecular complexity index is 1280. The fourth-order valence-corrected chi connectivity index (χ4v) is 4.54. The van der Waals surface area contributed by atoms with E-state index in [4.69, 9.17) is 0 Å². The number of imidazole rings is 1. The Hall–Kier alpha value is -3.62. The highest BCUT2D eigenvalue weighted by molar-refractivity contribution is 5.94. The smallest absolute Gasteiger partial charge is 0.338 e. The molecule has 0 atom stereocenters. The molecule has 2 aromatic heterocycles. The van der Waals surface area contributed by atoms with E-state index in [1.807, 2.05) is 40.8 Å². The Labute approximate surface area is 188 Å². The third-order valence-electron chi connectivity index (χ3n) is 6.19. The molecule has 0 aliphatic carbocycles. The van der Waals surface area contributed by atoms with Crippen molar-refractivity contribution < 1.29 is 18.0 Å². The molecule has 4 aromatic rings. The first-order valence-corrected chi connectivity index (χ1v) is 10.8. The van der Waals surface area contributed by atoms with Gasteiger partial charge in [-0.2, -0.15) is 18.3 Å². The van der Waals surface area contributed by atoms with Crippen molar-refractivity contribution in [3.63, 3.8) is 0 Å². The standard InChI is InChI=1S/C24H22F3N5O/c1-16-29-21-15-18(24(25,26)27)5-8-22(21)32(16)20-9-13-30(14-10-20)23(33)17-3-6-19(7-4-17)31-12-2-11-28-31/h2-8,11-12,15,20H,9-10,13-14H2,1H3. The number of amides is 1. The van der Waals surface area contributed by atoms with Crippen LogP contribution < -0.4 is 0 Å². The molecule has 0 radical (unpaired) electrons. The van der Waals surface area contributed by atoms with Crippen LogP contribution in [-0.4, -0.2) is 43.2 Å². The molecular formula is C24H22F3N5O. The SMILES string of the molecule is Cc1nc2cc(C(F)(F)F)ccc2n1C1CCN(C(=O)c2ccc(-n3cccn3)cc2)CC1.